The van der Waals surface area contributed by atoms with Crippen LogP contribution >= 0.6 is 0 Å². The highest BCUT2D eigenvalue weighted by Crippen LogP contribution is 2.42. The average Bonchev–Trinajstić information content (AvgIpc) is 2.60. The molecular formula is C11H19N3. The summed E-state index contributed by atoms with van der Waals surface area (Å²) in [5, 5.41) is 4.35. The second-order valence-corrected chi connectivity index (χ2v) is 5.12. The summed E-state index contributed by atoms with van der Waals surface area (Å²) in [6.45, 7) is 6.55. The predicted molar refractivity (Wildman–Crippen MR) is 57.0 cm³/mol. The summed E-state index contributed by atoms with van der Waals surface area (Å²) in [7, 11) is 0. The average molecular weight is 193 g/mol. The Balaban J connectivity index is 2.22. The third kappa shape index (κ3) is 1.46. The monoisotopic (exact) mass is 193 g/mol. The SMILES string of the molecule is Cc1cnn(C2CCC(C)(C)C2N)c1. The number of nitrogens with two attached hydrogens (primary N) is 1. The Kier molecular flexibility index (Phi) is 2.14. The molecule has 3 heteroatoms. The second kappa shape index (κ2) is 3.09. The van der Waals surface area contributed by atoms with Gasteiger partial charge < -0.3 is 5.73 Å². The van der Waals surface area contributed by atoms with Gasteiger partial charge in [-0.05, 0) is 30.7 Å². The van der Waals surface area contributed by atoms with Gasteiger partial charge in [0.1, 0.15) is 0 Å². The molecule has 1 aliphatic carbocycles. The topological polar surface area (TPSA) is 43.8 Å². The number of hydrogen-bond donors (Lipinski definition) is 1. The van der Waals surface area contributed by atoms with Gasteiger partial charge in [-0.3, -0.25) is 4.68 Å². The molecule has 1 aliphatic rings. The molecule has 0 spiro atoms. The molecule has 2 N–H and O–H groups in total. The van der Waals surface area contributed by atoms with Crippen molar-refractivity contribution in [2.45, 2.75) is 45.7 Å². The fourth-order valence-electron chi connectivity index (χ4n) is 2.30. The van der Waals surface area contributed by atoms with Crippen LogP contribution in [0.2, 0.25) is 0 Å². The molecule has 0 radical (unpaired) electrons. The third-order valence-corrected chi connectivity index (χ3v) is 3.47. The molecule has 14 heavy (non-hydrogen) atoms. The first-order valence-corrected chi connectivity index (χ1v) is 5.27. The van der Waals surface area contributed by atoms with Crippen molar-refractivity contribution in [1.29, 1.82) is 0 Å². The van der Waals surface area contributed by atoms with Crippen LogP contribution in [0.3, 0.4) is 0 Å². The zero-order valence-electron chi connectivity index (χ0n) is 9.20. The summed E-state index contributed by atoms with van der Waals surface area (Å²) in [5.74, 6) is 0. The van der Waals surface area contributed by atoms with E-state index in [1.807, 2.05) is 10.9 Å². The van der Waals surface area contributed by atoms with Crippen LogP contribution in [-0.2, 0) is 0 Å². The van der Waals surface area contributed by atoms with Gasteiger partial charge in [0.2, 0.25) is 0 Å². The maximum absolute atomic E-state index is 6.24. The Morgan fingerprint density at radius 2 is 2.29 bits per heavy atom. The molecule has 1 heterocycles. The van der Waals surface area contributed by atoms with Gasteiger partial charge in [-0.15, -0.1) is 0 Å². The standard InChI is InChI=1S/C11H19N3/c1-8-6-13-14(7-8)9-4-5-11(2,3)10(9)12/h6-7,9-10H,4-5,12H2,1-3H3. The van der Waals surface area contributed by atoms with Crippen LogP contribution in [0.15, 0.2) is 12.4 Å². The van der Waals surface area contributed by atoms with Crippen molar-refractivity contribution in [3.05, 3.63) is 18.0 Å². The van der Waals surface area contributed by atoms with Gasteiger partial charge in [0.05, 0.1) is 12.2 Å². The Bertz CT molecular complexity index is 327. The first kappa shape index (κ1) is 9.71. The largest absolute Gasteiger partial charge is 0.325 e. The fourth-order valence-corrected chi connectivity index (χ4v) is 2.30. The molecule has 1 fully saturated rings. The van der Waals surface area contributed by atoms with Crippen molar-refractivity contribution >= 4 is 0 Å². The minimum absolute atomic E-state index is 0.224. The van der Waals surface area contributed by atoms with E-state index in [0.29, 0.717) is 6.04 Å². The van der Waals surface area contributed by atoms with Crippen molar-refractivity contribution in [1.82, 2.24) is 9.78 Å². The molecule has 3 nitrogen and oxygen atoms in total. The summed E-state index contributed by atoms with van der Waals surface area (Å²) in [5.41, 5.74) is 7.70. The van der Waals surface area contributed by atoms with E-state index in [0.717, 1.165) is 6.42 Å². The van der Waals surface area contributed by atoms with Crippen molar-refractivity contribution in [2.24, 2.45) is 11.1 Å². The molecule has 2 rings (SSSR count). The molecule has 0 bridgehead atoms. The molecule has 0 aliphatic heterocycles. The van der Waals surface area contributed by atoms with Gasteiger partial charge in [0.15, 0.2) is 0 Å². The van der Waals surface area contributed by atoms with Gasteiger partial charge in [0, 0.05) is 12.2 Å². The second-order valence-electron chi connectivity index (χ2n) is 5.12. The van der Waals surface area contributed by atoms with Crippen LogP contribution in [0.25, 0.3) is 0 Å². The smallest absolute Gasteiger partial charge is 0.0675 e. The number of rotatable bonds is 1. The Hall–Kier alpha value is -0.830. The zero-order valence-corrected chi connectivity index (χ0v) is 9.20. The lowest BCUT2D eigenvalue weighted by molar-refractivity contribution is 0.291. The number of aryl methyl sites for hydroxylation is 1. The first-order chi connectivity index (χ1) is 6.50. The van der Waals surface area contributed by atoms with Crippen LogP contribution in [0, 0.1) is 12.3 Å². The molecule has 0 saturated heterocycles. The van der Waals surface area contributed by atoms with Gasteiger partial charge in [-0.25, -0.2) is 0 Å². The highest BCUT2D eigenvalue weighted by molar-refractivity contribution is 5.04. The van der Waals surface area contributed by atoms with E-state index in [1.165, 1.54) is 12.0 Å². The Labute approximate surface area is 85.3 Å². The Morgan fingerprint density at radius 3 is 2.71 bits per heavy atom. The summed E-state index contributed by atoms with van der Waals surface area (Å²) in [4.78, 5) is 0. The lowest BCUT2D eigenvalue weighted by Gasteiger charge is -2.26. The van der Waals surface area contributed by atoms with Crippen molar-refractivity contribution in [3.8, 4) is 0 Å². The van der Waals surface area contributed by atoms with E-state index < -0.39 is 0 Å². The van der Waals surface area contributed by atoms with E-state index in [4.69, 9.17) is 5.73 Å². The van der Waals surface area contributed by atoms with Crippen molar-refractivity contribution in [3.63, 3.8) is 0 Å². The molecule has 78 valence electrons. The fraction of sp³-hybridized carbons (Fsp3) is 0.727. The molecule has 1 saturated carbocycles. The van der Waals surface area contributed by atoms with E-state index in [-0.39, 0.29) is 11.5 Å². The van der Waals surface area contributed by atoms with Crippen LogP contribution in [0.5, 0.6) is 0 Å². The predicted octanol–water partition coefficient (Wildman–Crippen LogP) is 1.88. The molecule has 2 atom stereocenters. The minimum atomic E-state index is 0.224. The highest BCUT2D eigenvalue weighted by Gasteiger charge is 2.40. The van der Waals surface area contributed by atoms with E-state index in [9.17, 15) is 0 Å². The van der Waals surface area contributed by atoms with Gasteiger partial charge in [0.25, 0.3) is 0 Å². The summed E-state index contributed by atoms with van der Waals surface area (Å²) in [6, 6.07) is 0.612. The van der Waals surface area contributed by atoms with Crippen molar-refractivity contribution in [2.75, 3.05) is 0 Å². The van der Waals surface area contributed by atoms with E-state index in [1.54, 1.807) is 0 Å². The van der Waals surface area contributed by atoms with E-state index >= 15 is 0 Å². The maximum atomic E-state index is 6.24. The molecule has 0 aromatic carbocycles. The lowest BCUT2D eigenvalue weighted by Crippen LogP contribution is -2.38. The Morgan fingerprint density at radius 1 is 1.57 bits per heavy atom. The maximum Gasteiger partial charge on any atom is 0.0675 e. The van der Waals surface area contributed by atoms with Crippen molar-refractivity contribution < 1.29 is 0 Å². The highest BCUT2D eigenvalue weighted by atomic mass is 15.3. The van der Waals surface area contributed by atoms with Crippen LogP contribution in [0.4, 0.5) is 0 Å². The van der Waals surface area contributed by atoms with Gasteiger partial charge >= 0.3 is 0 Å². The summed E-state index contributed by atoms with van der Waals surface area (Å²) in [6.07, 6.45) is 6.33. The number of aromatic nitrogens is 2. The number of nitrogens with zero attached hydrogens (tertiary/aromatic N) is 2. The molecule has 1 aromatic rings. The molecule has 0 amide bonds. The zero-order chi connectivity index (χ0) is 10.3. The molecule has 2 unspecified atom stereocenters. The van der Waals surface area contributed by atoms with Gasteiger partial charge in [-0.1, -0.05) is 13.8 Å². The molecular weight excluding hydrogens is 174 g/mol. The third-order valence-electron chi connectivity index (χ3n) is 3.47. The van der Waals surface area contributed by atoms with E-state index in [2.05, 4.69) is 32.1 Å². The number of hydrogen-bond acceptors (Lipinski definition) is 2. The minimum Gasteiger partial charge on any atom is -0.325 e. The quantitative estimate of drug-likeness (QED) is 0.740. The van der Waals surface area contributed by atoms with Crippen LogP contribution in [-0.4, -0.2) is 15.8 Å². The van der Waals surface area contributed by atoms with Gasteiger partial charge in [-0.2, -0.15) is 5.10 Å². The normalized spacial score (nSPS) is 30.9. The van der Waals surface area contributed by atoms with Crippen LogP contribution < -0.4 is 5.73 Å². The summed E-state index contributed by atoms with van der Waals surface area (Å²) < 4.78 is 2.04. The first-order valence-electron chi connectivity index (χ1n) is 5.27. The lowest BCUT2D eigenvalue weighted by atomic mass is 9.87. The van der Waals surface area contributed by atoms with Crippen LogP contribution in [0.1, 0.15) is 38.3 Å². The summed E-state index contributed by atoms with van der Waals surface area (Å²) >= 11 is 0. The molecule has 1 aromatic heterocycles.